The Morgan fingerprint density at radius 3 is 2.83 bits per heavy atom. The van der Waals surface area contributed by atoms with Crippen LogP contribution < -0.4 is 10.6 Å². The van der Waals surface area contributed by atoms with E-state index in [0.717, 1.165) is 26.6 Å². The van der Waals surface area contributed by atoms with E-state index in [0.29, 0.717) is 31.0 Å². The minimum atomic E-state index is -0.239. The molecule has 5 aromatic rings. The number of imidazole rings is 1. The first-order valence-electron chi connectivity index (χ1n) is 9.63. The Morgan fingerprint density at radius 2 is 1.93 bits per heavy atom. The quantitative estimate of drug-likeness (QED) is 0.433. The number of hydrogen-bond acceptors (Lipinski definition) is 5. The molecule has 0 spiro atoms. The number of para-hydroxylation sites is 1. The van der Waals surface area contributed by atoms with Gasteiger partial charge in [0, 0.05) is 25.4 Å². The smallest absolute Gasteiger partial charge is 0.315 e. The fourth-order valence-electron chi connectivity index (χ4n) is 3.21. The summed E-state index contributed by atoms with van der Waals surface area (Å²) >= 11 is 1.59. The number of furan rings is 1. The van der Waals surface area contributed by atoms with E-state index in [1.165, 1.54) is 0 Å². The lowest BCUT2D eigenvalue weighted by Crippen LogP contribution is -2.36. The highest BCUT2D eigenvalue weighted by Gasteiger charge is 2.11. The van der Waals surface area contributed by atoms with Gasteiger partial charge in [0.15, 0.2) is 10.8 Å². The number of carbonyl (C=O) groups excluding carboxylic acids is 1. The van der Waals surface area contributed by atoms with Crippen molar-refractivity contribution < 1.29 is 9.21 Å². The minimum Gasteiger partial charge on any atom is -0.457 e. The van der Waals surface area contributed by atoms with E-state index in [4.69, 9.17) is 4.42 Å². The molecule has 0 bridgehead atoms. The summed E-state index contributed by atoms with van der Waals surface area (Å²) in [5, 5.41) is 6.50. The zero-order valence-corrected chi connectivity index (χ0v) is 16.9. The molecule has 2 N–H and O–H groups in total. The van der Waals surface area contributed by atoms with Crippen molar-refractivity contribution >= 4 is 33.2 Å². The number of carbonyl (C=O) groups is 1. The predicted octanol–water partition coefficient (Wildman–Crippen LogP) is 4.25. The third-order valence-electron chi connectivity index (χ3n) is 4.67. The van der Waals surface area contributed by atoms with E-state index in [2.05, 4.69) is 20.6 Å². The van der Waals surface area contributed by atoms with Crippen LogP contribution in [0.2, 0.25) is 0 Å². The second-order valence-corrected chi connectivity index (χ2v) is 7.84. The molecular formula is C22H19N5O2S. The Balaban J connectivity index is 1.12. The van der Waals surface area contributed by atoms with Gasteiger partial charge in [0.05, 0.1) is 22.5 Å². The average Bonchev–Trinajstić information content (AvgIpc) is 3.48. The zero-order valence-electron chi connectivity index (χ0n) is 16.0. The van der Waals surface area contributed by atoms with Gasteiger partial charge in [-0.1, -0.05) is 18.2 Å². The number of thiazole rings is 1. The third kappa shape index (κ3) is 3.90. The number of nitrogens with zero attached hydrogens (tertiary/aromatic N) is 3. The molecule has 5 rings (SSSR count). The van der Waals surface area contributed by atoms with Crippen LogP contribution in [0.25, 0.3) is 26.6 Å². The molecule has 0 unspecified atom stereocenters. The van der Waals surface area contributed by atoms with E-state index in [9.17, 15) is 4.79 Å². The lowest BCUT2D eigenvalue weighted by atomic mass is 10.3. The van der Waals surface area contributed by atoms with Crippen molar-refractivity contribution in [2.45, 2.75) is 13.0 Å². The number of hydrogen-bond donors (Lipinski definition) is 2. The second kappa shape index (κ2) is 8.00. The van der Waals surface area contributed by atoms with E-state index in [1.54, 1.807) is 11.3 Å². The van der Waals surface area contributed by atoms with Crippen LogP contribution in [0.4, 0.5) is 4.79 Å². The highest BCUT2D eigenvalue weighted by atomic mass is 32.1. The van der Waals surface area contributed by atoms with Gasteiger partial charge in [-0.3, -0.25) is 0 Å². The number of nitrogens with one attached hydrogen (secondary N) is 2. The molecule has 150 valence electrons. The Labute approximate surface area is 176 Å². The molecule has 0 aliphatic carbocycles. The molecule has 4 aromatic heterocycles. The molecule has 0 aliphatic heterocycles. The van der Waals surface area contributed by atoms with Crippen molar-refractivity contribution in [3.8, 4) is 10.8 Å². The first-order chi connectivity index (χ1) is 14.7. The van der Waals surface area contributed by atoms with Gasteiger partial charge in [0.25, 0.3) is 0 Å². The second-order valence-electron chi connectivity index (χ2n) is 6.81. The number of aromatic nitrogens is 3. The van der Waals surface area contributed by atoms with Crippen LogP contribution in [0.5, 0.6) is 0 Å². The summed E-state index contributed by atoms with van der Waals surface area (Å²) in [6, 6.07) is 17.4. The maximum absolute atomic E-state index is 12.1. The Kier molecular flexibility index (Phi) is 4.90. The molecule has 0 radical (unpaired) electrons. The molecule has 7 nitrogen and oxygen atoms in total. The van der Waals surface area contributed by atoms with Gasteiger partial charge in [-0.2, -0.15) is 0 Å². The maximum atomic E-state index is 12.1. The summed E-state index contributed by atoms with van der Waals surface area (Å²) in [7, 11) is 0. The predicted molar refractivity (Wildman–Crippen MR) is 116 cm³/mol. The van der Waals surface area contributed by atoms with Crippen LogP contribution in [-0.2, 0) is 13.0 Å². The molecule has 2 amide bonds. The summed E-state index contributed by atoms with van der Waals surface area (Å²) in [4.78, 5) is 21.2. The molecule has 1 aromatic carbocycles. The largest absolute Gasteiger partial charge is 0.457 e. The third-order valence-corrected chi connectivity index (χ3v) is 5.72. The molecule has 4 heterocycles. The summed E-state index contributed by atoms with van der Waals surface area (Å²) in [5.41, 5.74) is 2.80. The Morgan fingerprint density at radius 1 is 1.03 bits per heavy atom. The number of fused-ring (bicyclic) bond motifs is 2. The number of pyridine rings is 1. The van der Waals surface area contributed by atoms with Crippen molar-refractivity contribution in [2.75, 3.05) is 6.54 Å². The first kappa shape index (κ1) is 18.4. The molecule has 0 saturated carbocycles. The Bertz CT molecular complexity index is 1250. The van der Waals surface area contributed by atoms with Gasteiger partial charge in [-0.25, -0.2) is 14.8 Å². The van der Waals surface area contributed by atoms with Crippen molar-refractivity contribution in [2.24, 2.45) is 0 Å². The number of amides is 2. The number of rotatable bonds is 6. The summed E-state index contributed by atoms with van der Waals surface area (Å²) in [6.45, 7) is 0.815. The van der Waals surface area contributed by atoms with Gasteiger partial charge >= 0.3 is 6.03 Å². The summed E-state index contributed by atoms with van der Waals surface area (Å²) < 4.78 is 8.94. The topological polar surface area (TPSA) is 84.5 Å². The van der Waals surface area contributed by atoms with Gasteiger partial charge < -0.3 is 19.5 Å². The molecular weight excluding hydrogens is 398 g/mol. The normalized spacial score (nSPS) is 11.2. The fourth-order valence-corrected chi connectivity index (χ4v) is 4.13. The van der Waals surface area contributed by atoms with E-state index in [1.807, 2.05) is 71.4 Å². The molecule has 0 aliphatic rings. The first-order valence-corrected chi connectivity index (χ1v) is 10.5. The zero-order chi connectivity index (χ0) is 20.3. The lowest BCUT2D eigenvalue weighted by Gasteiger charge is -2.05. The lowest BCUT2D eigenvalue weighted by molar-refractivity contribution is 0.239. The van der Waals surface area contributed by atoms with Crippen LogP contribution in [-0.4, -0.2) is 26.9 Å². The Hall–Kier alpha value is -3.65. The van der Waals surface area contributed by atoms with E-state index in [-0.39, 0.29) is 6.03 Å². The van der Waals surface area contributed by atoms with Gasteiger partial charge in [-0.05, 0) is 36.4 Å². The van der Waals surface area contributed by atoms with Crippen molar-refractivity contribution in [3.63, 3.8) is 0 Å². The molecule has 0 fully saturated rings. The van der Waals surface area contributed by atoms with Crippen LogP contribution in [0, 0.1) is 0 Å². The monoisotopic (exact) mass is 417 g/mol. The fraction of sp³-hybridized carbons (Fsp3) is 0.136. The van der Waals surface area contributed by atoms with Crippen LogP contribution >= 0.6 is 11.3 Å². The van der Waals surface area contributed by atoms with Gasteiger partial charge in [0.2, 0.25) is 0 Å². The number of urea groups is 1. The number of benzene rings is 1. The van der Waals surface area contributed by atoms with E-state index >= 15 is 0 Å². The van der Waals surface area contributed by atoms with E-state index < -0.39 is 0 Å². The maximum Gasteiger partial charge on any atom is 0.315 e. The summed E-state index contributed by atoms with van der Waals surface area (Å²) in [6.07, 6.45) is 4.59. The van der Waals surface area contributed by atoms with Crippen LogP contribution in [0.1, 0.15) is 11.5 Å². The van der Waals surface area contributed by atoms with Crippen molar-refractivity contribution in [3.05, 3.63) is 78.4 Å². The molecule has 30 heavy (non-hydrogen) atoms. The van der Waals surface area contributed by atoms with Crippen molar-refractivity contribution in [1.82, 2.24) is 25.0 Å². The highest BCUT2D eigenvalue weighted by molar-refractivity contribution is 7.21. The minimum absolute atomic E-state index is 0.239. The standard InChI is InChI=1S/C22H19N5O2S/c28-22(23-11-10-15-14-27-12-4-3-7-20(27)25-15)24-13-16-8-9-18(29-16)21-26-17-5-1-2-6-19(17)30-21/h1-9,12,14H,10-11,13H2,(H2,23,24,28). The van der Waals surface area contributed by atoms with Gasteiger partial charge in [0.1, 0.15) is 11.4 Å². The average molecular weight is 417 g/mol. The van der Waals surface area contributed by atoms with Crippen molar-refractivity contribution in [1.29, 1.82) is 0 Å². The SMILES string of the molecule is O=C(NCCc1cn2ccccc2n1)NCc1ccc(-c2nc3ccccc3s2)o1. The molecule has 8 heteroatoms. The highest BCUT2D eigenvalue weighted by Crippen LogP contribution is 2.31. The molecule has 0 saturated heterocycles. The van der Waals surface area contributed by atoms with Crippen LogP contribution in [0.3, 0.4) is 0 Å². The van der Waals surface area contributed by atoms with Crippen LogP contribution in [0.15, 0.2) is 71.4 Å². The molecule has 0 atom stereocenters. The summed E-state index contributed by atoms with van der Waals surface area (Å²) in [5.74, 6) is 1.39. The van der Waals surface area contributed by atoms with Gasteiger partial charge in [-0.15, -0.1) is 11.3 Å².